The van der Waals surface area contributed by atoms with E-state index >= 15 is 0 Å². The number of hydrogen-bond donors (Lipinski definition) is 1. The van der Waals surface area contributed by atoms with Gasteiger partial charge in [-0.3, -0.25) is 9.59 Å². The fourth-order valence-corrected chi connectivity index (χ4v) is 3.85. The summed E-state index contributed by atoms with van der Waals surface area (Å²) in [6.45, 7) is 1.87. The number of piperidine rings is 1. The molecule has 8 nitrogen and oxygen atoms in total. The molecule has 2 aliphatic rings. The summed E-state index contributed by atoms with van der Waals surface area (Å²) in [6, 6.07) is 12.7. The number of likely N-dealkylation sites (tertiary alicyclic amines) is 1. The zero-order valence-corrected chi connectivity index (χ0v) is 18.2. The SMILES string of the molecule is COc1ccc(OCCCC(=O)N2CCC(C(=O)Nc3ccc4c(c3)OCO4)CC2)cc1. The summed E-state index contributed by atoms with van der Waals surface area (Å²) in [5.74, 6) is 2.83. The van der Waals surface area contributed by atoms with Gasteiger partial charge in [0.05, 0.1) is 13.7 Å². The summed E-state index contributed by atoms with van der Waals surface area (Å²) >= 11 is 0. The van der Waals surface area contributed by atoms with Gasteiger partial charge >= 0.3 is 0 Å². The van der Waals surface area contributed by atoms with E-state index in [-0.39, 0.29) is 24.5 Å². The molecule has 170 valence electrons. The number of rotatable bonds is 8. The zero-order valence-electron chi connectivity index (χ0n) is 18.2. The average molecular weight is 440 g/mol. The molecule has 1 N–H and O–H groups in total. The molecule has 2 aliphatic heterocycles. The second kappa shape index (κ2) is 10.3. The molecule has 0 radical (unpaired) electrons. The van der Waals surface area contributed by atoms with E-state index in [0.29, 0.717) is 62.6 Å². The molecule has 0 bridgehead atoms. The van der Waals surface area contributed by atoms with Crippen molar-refractivity contribution in [3.63, 3.8) is 0 Å². The van der Waals surface area contributed by atoms with E-state index in [1.165, 1.54) is 0 Å². The van der Waals surface area contributed by atoms with E-state index in [0.717, 1.165) is 11.5 Å². The van der Waals surface area contributed by atoms with E-state index in [1.54, 1.807) is 25.3 Å². The molecule has 0 atom stereocenters. The highest BCUT2D eigenvalue weighted by Gasteiger charge is 2.27. The standard InChI is InChI=1S/C24H28N2O6/c1-29-19-5-7-20(8-6-19)30-14-2-3-23(27)26-12-10-17(11-13-26)24(28)25-18-4-9-21-22(15-18)32-16-31-21/h4-9,15,17H,2-3,10-14,16H2,1H3,(H,25,28). The monoisotopic (exact) mass is 440 g/mol. The van der Waals surface area contributed by atoms with Gasteiger partial charge in [0.25, 0.3) is 0 Å². The first-order valence-corrected chi connectivity index (χ1v) is 10.9. The smallest absolute Gasteiger partial charge is 0.231 e. The minimum absolute atomic E-state index is 0.0242. The third kappa shape index (κ3) is 5.43. The highest BCUT2D eigenvalue weighted by molar-refractivity contribution is 5.93. The number of nitrogens with one attached hydrogen (secondary N) is 1. The van der Waals surface area contributed by atoms with Crippen molar-refractivity contribution in [3.05, 3.63) is 42.5 Å². The van der Waals surface area contributed by atoms with Crippen LogP contribution in [0.4, 0.5) is 5.69 Å². The maximum atomic E-state index is 12.6. The lowest BCUT2D eigenvalue weighted by Crippen LogP contribution is -2.41. The summed E-state index contributed by atoms with van der Waals surface area (Å²) < 4.78 is 21.4. The van der Waals surface area contributed by atoms with Crippen LogP contribution in [0.15, 0.2) is 42.5 Å². The summed E-state index contributed by atoms with van der Waals surface area (Å²) in [4.78, 5) is 27.0. The number of nitrogens with zero attached hydrogens (tertiary/aromatic N) is 1. The molecule has 2 aromatic rings. The largest absolute Gasteiger partial charge is 0.497 e. The van der Waals surface area contributed by atoms with Crippen LogP contribution in [0.2, 0.25) is 0 Å². The number of carbonyl (C=O) groups is 2. The first-order valence-electron chi connectivity index (χ1n) is 10.9. The maximum absolute atomic E-state index is 12.6. The number of hydrogen-bond acceptors (Lipinski definition) is 6. The molecule has 2 amide bonds. The number of amides is 2. The van der Waals surface area contributed by atoms with Crippen LogP contribution in [-0.4, -0.2) is 50.3 Å². The third-order valence-corrected chi connectivity index (χ3v) is 5.72. The summed E-state index contributed by atoms with van der Waals surface area (Å²) in [5, 5.41) is 2.95. The highest BCUT2D eigenvalue weighted by Crippen LogP contribution is 2.34. The van der Waals surface area contributed by atoms with Gasteiger partial charge in [0.2, 0.25) is 18.6 Å². The lowest BCUT2D eigenvalue weighted by Gasteiger charge is -2.31. The van der Waals surface area contributed by atoms with Crippen LogP contribution in [-0.2, 0) is 9.59 Å². The molecule has 4 rings (SSSR count). The number of ether oxygens (including phenoxy) is 4. The van der Waals surface area contributed by atoms with Crippen molar-refractivity contribution < 1.29 is 28.5 Å². The van der Waals surface area contributed by atoms with Crippen LogP contribution >= 0.6 is 0 Å². The Morgan fingerprint density at radius 3 is 2.50 bits per heavy atom. The molecular weight excluding hydrogens is 412 g/mol. The van der Waals surface area contributed by atoms with Gasteiger partial charge in [-0.1, -0.05) is 0 Å². The molecule has 8 heteroatoms. The van der Waals surface area contributed by atoms with Gasteiger partial charge in [0.15, 0.2) is 11.5 Å². The molecule has 0 spiro atoms. The molecule has 1 saturated heterocycles. The van der Waals surface area contributed by atoms with E-state index < -0.39 is 0 Å². The Balaban J connectivity index is 1.15. The number of methoxy groups -OCH3 is 1. The van der Waals surface area contributed by atoms with E-state index in [4.69, 9.17) is 18.9 Å². The van der Waals surface area contributed by atoms with Gasteiger partial charge in [-0.25, -0.2) is 0 Å². The second-order valence-electron chi connectivity index (χ2n) is 7.84. The Kier molecular flexibility index (Phi) is 6.99. The molecule has 0 aromatic heterocycles. The molecule has 1 fully saturated rings. The van der Waals surface area contributed by atoms with Crippen LogP contribution in [0.5, 0.6) is 23.0 Å². The Labute approximate surface area is 187 Å². The Bertz CT molecular complexity index is 938. The lowest BCUT2D eigenvalue weighted by molar-refractivity contribution is -0.134. The van der Waals surface area contributed by atoms with Gasteiger partial charge < -0.3 is 29.2 Å². The molecule has 0 saturated carbocycles. The number of carbonyl (C=O) groups excluding carboxylic acids is 2. The lowest BCUT2D eigenvalue weighted by atomic mass is 9.95. The molecule has 2 heterocycles. The van der Waals surface area contributed by atoms with Crippen molar-refractivity contribution in [1.82, 2.24) is 4.90 Å². The Hall–Kier alpha value is -3.42. The molecule has 2 aromatic carbocycles. The van der Waals surface area contributed by atoms with Crippen molar-refractivity contribution in [2.75, 3.05) is 38.9 Å². The highest BCUT2D eigenvalue weighted by atomic mass is 16.7. The van der Waals surface area contributed by atoms with Gasteiger partial charge in [0, 0.05) is 37.2 Å². The Morgan fingerprint density at radius 2 is 1.75 bits per heavy atom. The van der Waals surface area contributed by atoms with Crippen molar-refractivity contribution in [1.29, 1.82) is 0 Å². The van der Waals surface area contributed by atoms with Crippen molar-refractivity contribution in [2.45, 2.75) is 25.7 Å². The van der Waals surface area contributed by atoms with Crippen molar-refractivity contribution in [3.8, 4) is 23.0 Å². The van der Waals surface area contributed by atoms with Crippen LogP contribution in [0.3, 0.4) is 0 Å². The zero-order chi connectivity index (χ0) is 22.3. The van der Waals surface area contributed by atoms with Crippen molar-refractivity contribution in [2.24, 2.45) is 5.92 Å². The normalized spacial score (nSPS) is 15.3. The fourth-order valence-electron chi connectivity index (χ4n) is 3.85. The topological polar surface area (TPSA) is 86.3 Å². The molecule has 0 aliphatic carbocycles. The first-order chi connectivity index (χ1) is 15.6. The summed E-state index contributed by atoms with van der Waals surface area (Å²) in [5.41, 5.74) is 0.689. The average Bonchev–Trinajstić information content (AvgIpc) is 3.30. The predicted octanol–water partition coefficient (Wildman–Crippen LogP) is 3.46. The van der Waals surface area contributed by atoms with Gasteiger partial charge in [0.1, 0.15) is 11.5 Å². The van der Waals surface area contributed by atoms with Crippen molar-refractivity contribution >= 4 is 17.5 Å². The van der Waals surface area contributed by atoms with Crippen LogP contribution < -0.4 is 24.3 Å². The van der Waals surface area contributed by atoms with Crippen LogP contribution in [0.1, 0.15) is 25.7 Å². The fraction of sp³-hybridized carbons (Fsp3) is 0.417. The minimum atomic E-state index is -0.108. The maximum Gasteiger partial charge on any atom is 0.231 e. The second-order valence-corrected chi connectivity index (χ2v) is 7.84. The molecular formula is C24H28N2O6. The minimum Gasteiger partial charge on any atom is -0.497 e. The number of benzene rings is 2. The first kappa shape index (κ1) is 21.8. The number of anilines is 1. The van der Waals surface area contributed by atoms with Gasteiger partial charge in [-0.2, -0.15) is 0 Å². The van der Waals surface area contributed by atoms with Gasteiger partial charge in [-0.05, 0) is 55.7 Å². The summed E-state index contributed by atoms with van der Waals surface area (Å²) in [6.07, 6.45) is 2.40. The molecule has 32 heavy (non-hydrogen) atoms. The van der Waals surface area contributed by atoms with Crippen LogP contribution in [0, 0.1) is 5.92 Å². The van der Waals surface area contributed by atoms with Gasteiger partial charge in [-0.15, -0.1) is 0 Å². The Morgan fingerprint density at radius 1 is 1.03 bits per heavy atom. The number of fused-ring (bicyclic) bond motifs is 1. The van der Waals surface area contributed by atoms with E-state index in [1.807, 2.05) is 29.2 Å². The quantitative estimate of drug-likeness (QED) is 0.633. The summed E-state index contributed by atoms with van der Waals surface area (Å²) in [7, 11) is 1.62. The van der Waals surface area contributed by atoms with E-state index in [9.17, 15) is 9.59 Å². The predicted molar refractivity (Wildman–Crippen MR) is 118 cm³/mol. The van der Waals surface area contributed by atoms with E-state index in [2.05, 4.69) is 5.32 Å². The molecule has 0 unspecified atom stereocenters. The van der Waals surface area contributed by atoms with Crippen LogP contribution in [0.25, 0.3) is 0 Å². The third-order valence-electron chi connectivity index (χ3n) is 5.72.